The Morgan fingerprint density at radius 3 is 2.95 bits per heavy atom. The molecule has 2 aromatic heterocycles. The van der Waals surface area contributed by atoms with Crippen LogP contribution < -0.4 is 5.56 Å². The molecular weight excluding hydrogens is 264 g/mol. The summed E-state index contributed by atoms with van der Waals surface area (Å²) in [5.74, 6) is -0.800. The molecule has 0 saturated carbocycles. The SMILES string of the molecule is CCc1cc2c(=O)n(CCCCC(=O)O)cnc2s1. The first-order valence-electron chi connectivity index (χ1n) is 6.31. The highest BCUT2D eigenvalue weighted by molar-refractivity contribution is 7.18. The van der Waals surface area contributed by atoms with Crippen LogP contribution in [0.3, 0.4) is 0 Å². The van der Waals surface area contributed by atoms with E-state index in [-0.39, 0.29) is 12.0 Å². The van der Waals surface area contributed by atoms with Gasteiger partial charge in [-0.1, -0.05) is 6.92 Å². The molecule has 102 valence electrons. The molecule has 0 aliphatic heterocycles. The van der Waals surface area contributed by atoms with E-state index in [1.165, 1.54) is 0 Å². The van der Waals surface area contributed by atoms with Crippen molar-refractivity contribution in [2.24, 2.45) is 0 Å². The predicted octanol–water partition coefficient (Wildman–Crippen LogP) is 2.28. The lowest BCUT2D eigenvalue weighted by atomic mass is 10.2. The number of carboxylic acids is 1. The lowest BCUT2D eigenvalue weighted by Crippen LogP contribution is -2.20. The molecule has 0 spiro atoms. The van der Waals surface area contributed by atoms with E-state index in [1.807, 2.05) is 6.07 Å². The molecule has 0 aliphatic rings. The molecule has 2 aromatic rings. The van der Waals surface area contributed by atoms with Gasteiger partial charge in [-0.05, 0) is 25.3 Å². The van der Waals surface area contributed by atoms with Gasteiger partial charge in [0.1, 0.15) is 4.83 Å². The Labute approximate surface area is 114 Å². The number of nitrogens with zero attached hydrogens (tertiary/aromatic N) is 2. The minimum Gasteiger partial charge on any atom is -0.481 e. The highest BCUT2D eigenvalue weighted by atomic mass is 32.1. The molecule has 0 aromatic carbocycles. The van der Waals surface area contributed by atoms with Gasteiger partial charge in [-0.15, -0.1) is 11.3 Å². The summed E-state index contributed by atoms with van der Waals surface area (Å²) in [5, 5.41) is 9.23. The third kappa shape index (κ3) is 3.20. The fourth-order valence-electron chi connectivity index (χ4n) is 1.90. The van der Waals surface area contributed by atoms with E-state index in [2.05, 4.69) is 11.9 Å². The average Bonchev–Trinajstić information content (AvgIpc) is 2.80. The summed E-state index contributed by atoms with van der Waals surface area (Å²) >= 11 is 1.55. The van der Waals surface area contributed by atoms with Crippen molar-refractivity contribution in [2.45, 2.75) is 39.2 Å². The first kappa shape index (κ1) is 13.7. The van der Waals surface area contributed by atoms with Crippen molar-refractivity contribution >= 4 is 27.5 Å². The fraction of sp³-hybridized carbons (Fsp3) is 0.462. The summed E-state index contributed by atoms with van der Waals surface area (Å²) in [6.07, 6.45) is 3.84. The van der Waals surface area contributed by atoms with Crippen molar-refractivity contribution in [3.05, 3.63) is 27.6 Å². The standard InChI is InChI=1S/C13H16N2O3S/c1-2-9-7-10-12(19-9)14-8-15(13(10)18)6-4-3-5-11(16)17/h7-8H,2-6H2,1H3,(H,16,17). The van der Waals surface area contributed by atoms with E-state index in [4.69, 9.17) is 5.11 Å². The Morgan fingerprint density at radius 2 is 2.26 bits per heavy atom. The Kier molecular flexibility index (Phi) is 4.31. The number of aryl methyl sites for hydroxylation is 2. The molecule has 0 atom stereocenters. The Bertz CT molecular complexity index is 645. The van der Waals surface area contributed by atoms with Gasteiger partial charge in [0.05, 0.1) is 11.7 Å². The average molecular weight is 280 g/mol. The van der Waals surface area contributed by atoms with Gasteiger partial charge in [-0.25, -0.2) is 4.98 Å². The van der Waals surface area contributed by atoms with Crippen LogP contribution in [0, 0.1) is 0 Å². The molecule has 5 nitrogen and oxygen atoms in total. The van der Waals surface area contributed by atoms with Crippen molar-refractivity contribution < 1.29 is 9.90 Å². The van der Waals surface area contributed by atoms with Crippen LogP contribution in [0.1, 0.15) is 31.1 Å². The van der Waals surface area contributed by atoms with Crippen molar-refractivity contribution in [1.82, 2.24) is 9.55 Å². The molecule has 6 heteroatoms. The van der Waals surface area contributed by atoms with Crippen molar-refractivity contribution in [2.75, 3.05) is 0 Å². The summed E-state index contributed by atoms with van der Waals surface area (Å²) in [7, 11) is 0. The first-order valence-corrected chi connectivity index (χ1v) is 7.13. The van der Waals surface area contributed by atoms with Crippen molar-refractivity contribution in [3.63, 3.8) is 0 Å². The van der Waals surface area contributed by atoms with Gasteiger partial charge in [-0.3, -0.25) is 14.2 Å². The number of carboxylic acid groups (broad SMARTS) is 1. The number of rotatable bonds is 6. The molecule has 0 amide bonds. The number of carbonyl (C=O) groups is 1. The van der Waals surface area contributed by atoms with Gasteiger partial charge in [0.2, 0.25) is 0 Å². The molecule has 0 aliphatic carbocycles. The third-order valence-electron chi connectivity index (χ3n) is 2.96. The normalized spacial score (nSPS) is 11.0. The second-order valence-electron chi connectivity index (χ2n) is 4.38. The molecule has 0 fully saturated rings. The molecule has 0 bridgehead atoms. The maximum absolute atomic E-state index is 12.2. The topological polar surface area (TPSA) is 72.2 Å². The summed E-state index contributed by atoms with van der Waals surface area (Å²) in [4.78, 5) is 28.8. The molecule has 2 rings (SSSR count). The van der Waals surface area contributed by atoms with E-state index < -0.39 is 5.97 Å². The van der Waals surface area contributed by atoms with Gasteiger partial charge in [0.25, 0.3) is 5.56 Å². The van der Waals surface area contributed by atoms with Crippen LogP contribution in [0.2, 0.25) is 0 Å². The maximum atomic E-state index is 12.2. The smallest absolute Gasteiger partial charge is 0.303 e. The van der Waals surface area contributed by atoms with Crippen LogP contribution in [-0.2, 0) is 17.8 Å². The summed E-state index contributed by atoms with van der Waals surface area (Å²) in [6, 6.07) is 1.91. The van der Waals surface area contributed by atoms with Gasteiger partial charge >= 0.3 is 5.97 Å². The largest absolute Gasteiger partial charge is 0.481 e. The molecule has 2 heterocycles. The zero-order valence-corrected chi connectivity index (χ0v) is 11.6. The van der Waals surface area contributed by atoms with Crippen LogP contribution in [0.15, 0.2) is 17.2 Å². The minimum absolute atomic E-state index is 0.0312. The number of unbranched alkanes of at least 4 members (excludes halogenated alkanes) is 1. The number of hydrogen-bond acceptors (Lipinski definition) is 4. The highest BCUT2D eigenvalue weighted by Gasteiger charge is 2.08. The highest BCUT2D eigenvalue weighted by Crippen LogP contribution is 2.20. The van der Waals surface area contributed by atoms with Crippen LogP contribution >= 0.6 is 11.3 Å². The van der Waals surface area contributed by atoms with E-state index in [0.717, 1.165) is 16.1 Å². The molecule has 0 saturated heterocycles. The fourth-order valence-corrected chi connectivity index (χ4v) is 2.83. The molecule has 0 radical (unpaired) electrons. The zero-order valence-electron chi connectivity index (χ0n) is 10.8. The Balaban J connectivity index is 2.13. The van der Waals surface area contributed by atoms with Gasteiger partial charge in [-0.2, -0.15) is 0 Å². The van der Waals surface area contributed by atoms with Crippen molar-refractivity contribution in [1.29, 1.82) is 0 Å². The van der Waals surface area contributed by atoms with Crippen LogP contribution in [0.25, 0.3) is 10.2 Å². The van der Waals surface area contributed by atoms with Crippen LogP contribution in [0.4, 0.5) is 0 Å². The number of aliphatic carboxylic acids is 1. The summed E-state index contributed by atoms with van der Waals surface area (Å²) < 4.78 is 1.57. The van der Waals surface area contributed by atoms with E-state index in [0.29, 0.717) is 24.8 Å². The number of hydrogen-bond donors (Lipinski definition) is 1. The van der Waals surface area contributed by atoms with Crippen LogP contribution in [0.5, 0.6) is 0 Å². The van der Waals surface area contributed by atoms with E-state index in [9.17, 15) is 9.59 Å². The minimum atomic E-state index is -0.800. The quantitative estimate of drug-likeness (QED) is 0.824. The summed E-state index contributed by atoms with van der Waals surface area (Å²) in [5.41, 5.74) is -0.0312. The second kappa shape index (κ2) is 5.97. The first-order chi connectivity index (χ1) is 9.11. The zero-order chi connectivity index (χ0) is 13.8. The summed E-state index contributed by atoms with van der Waals surface area (Å²) in [6.45, 7) is 2.57. The van der Waals surface area contributed by atoms with Crippen LogP contribution in [-0.4, -0.2) is 20.6 Å². The third-order valence-corrected chi connectivity index (χ3v) is 4.14. The van der Waals surface area contributed by atoms with Gasteiger partial charge < -0.3 is 5.11 Å². The number of aromatic nitrogens is 2. The predicted molar refractivity (Wildman–Crippen MR) is 74.7 cm³/mol. The van der Waals surface area contributed by atoms with Gasteiger partial charge in [0.15, 0.2) is 0 Å². The number of thiophene rings is 1. The second-order valence-corrected chi connectivity index (χ2v) is 5.49. The molecule has 19 heavy (non-hydrogen) atoms. The van der Waals surface area contributed by atoms with Crippen molar-refractivity contribution in [3.8, 4) is 0 Å². The Hall–Kier alpha value is -1.69. The Morgan fingerprint density at radius 1 is 1.47 bits per heavy atom. The number of fused-ring (bicyclic) bond motifs is 1. The molecular formula is C13H16N2O3S. The monoisotopic (exact) mass is 280 g/mol. The maximum Gasteiger partial charge on any atom is 0.303 e. The van der Waals surface area contributed by atoms with E-state index in [1.54, 1.807) is 22.2 Å². The van der Waals surface area contributed by atoms with E-state index >= 15 is 0 Å². The lowest BCUT2D eigenvalue weighted by molar-refractivity contribution is -0.137. The lowest BCUT2D eigenvalue weighted by Gasteiger charge is -2.03. The van der Waals surface area contributed by atoms with Gasteiger partial charge in [0, 0.05) is 17.8 Å². The molecule has 1 N–H and O–H groups in total. The molecule has 0 unspecified atom stereocenters.